The summed E-state index contributed by atoms with van der Waals surface area (Å²) in [4.78, 5) is 15.4. The van der Waals surface area contributed by atoms with Crippen molar-refractivity contribution in [2.75, 3.05) is 0 Å². The van der Waals surface area contributed by atoms with E-state index in [1.807, 2.05) is 34.9 Å². The molecule has 1 heterocycles. The van der Waals surface area contributed by atoms with Gasteiger partial charge in [0, 0.05) is 6.54 Å². The second kappa shape index (κ2) is 5.28. The van der Waals surface area contributed by atoms with E-state index in [0.29, 0.717) is 17.9 Å². The van der Waals surface area contributed by atoms with Crippen molar-refractivity contribution >= 4 is 17.0 Å². The fourth-order valence-electron chi connectivity index (χ4n) is 2.38. The summed E-state index contributed by atoms with van der Waals surface area (Å²) in [5.41, 5.74) is 2.23. The molecular weight excluding hydrogens is 268 g/mol. The van der Waals surface area contributed by atoms with E-state index in [0.717, 1.165) is 11.0 Å². The SMILES string of the molecule is O=C(O)CCn1c(-c2ccccc2O)nc2ccccc21. The highest BCUT2D eigenvalue weighted by molar-refractivity contribution is 5.82. The van der Waals surface area contributed by atoms with Gasteiger partial charge in [0.1, 0.15) is 11.6 Å². The van der Waals surface area contributed by atoms with E-state index in [1.54, 1.807) is 18.2 Å². The van der Waals surface area contributed by atoms with Crippen LogP contribution in [0, 0.1) is 0 Å². The molecular formula is C16H14N2O3. The minimum atomic E-state index is -0.865. The Morgan fingerprint density at radius 3 is 2.57 bits per heavy atom. The quantitative estimate of drug-likeness (QED) is 0.771. The fourth-order valence-corrected chi connectivity index (χ4v) is 2.38. The lowest BCUT2D eigenvalue weighted by Gasteiger charge is -2.09. The number of aromatic hydroxyl groups is 1. The second-order valence-corrected chi connectivity index (χ2v) is 4.74. The summed E-state index contributed by atoms with van der Waals surface area (Å²) >= 11 is 0. The van der Waals surface area contributed by atoms with Crippen LogP contribution in [0.1, 0.15) is 6.42 Å². The number of phenols is 1. The maximum absolute atomic E-state index is 10.9. The summed E-state index contributed by atoms with van der Waals surface area (Å²) in [7, 11) is 0. The van der Waals surface area contributed by atoms with E-state index in [1.165, 1.54) is 0 Å². The molecule has 0 bridgehead atoms. The van der Waals surface area contributed by atoms with Crippen LogP contribution in [0.25, 0.3) is 22.4 Å². The van der Waals surface area contributed by atoms with Crippen LogP contribution in [-0.4, -0.2) is 25.7 Å². The van der Waals surface area contributed by atoms with Crippen LogP contribution in [0.4, 0.5) is 0 Å². The standard InChI is InChI=1S/C16H14N2O3/c19-14-8-4-1-5-11(14)16-17-12-6-2-3-7-13(12)18(16)10-9-15(20)21/h1-8,19H,9-10H2,(H,20,21). The zero-order valence-electron chi connectivity index (χ0n) is 11.2. The monoisotopic (exact) mass is 282 g/mol. The van der Waals surface area contributed by atoms with Crippen LogP contribution in [-0.2, 0) is 11.3 Å². The lowest BCUT2D eigenvalue weighted by Crippen LogP contribution is -2.06. The van der Waals surface area contributed by atoms with E-state index in [4.69, 9.17) is 5.11 Å². The number of aryl methyl sites for hydroxylation is 1. The third kappa shape index (κ3) is 2.45. The zero-order chi connectivity index (χ0) is 14.8. The molecule has 0 aliphatic carbocycles. The number of rotatable bonds is 4. The average Bonchev–Trinajstić information content (AvgIpc) is 2.84. The number of aromatic nitrogens is 2. The third-order valence-corrected chi connectivity index (χ3v) is 3.35. The molecule has 0 saturated heterocycles. The van der Waals surface area contributed by atoms with Crippen molar-refractivity contribution in [3.63, 3.8) is 0 Å². The van der Waals surface area contributed by atoms with Crippen molar-refractivity contribution in [1.82, 2.24) is 9.55 Å². The third-order valence-electron chi connectivity index (χ3n) is 3.35. The molecule has 0 spiro atoms. The highest BCUT2D eigenvalue weighted by atomic mass is 16.4. The van der Waals surface area contributed by atoms with Gasteiger partial charge in [0.25, 0.3) is 0 Å². The number of benzene rings is 2. The van der Waals surface area contributed by atoms with Crippen LogP contribution >= 0.6 is 0 Å². The number of aliphatic carboxylic acids is 1. The van der Waals surface area contributed by atoms with E-state index >= 15 is 0 Å². The Morgan fingerprint density at radius 2 is 1.81 bits per heavy atom. The molecule has 0 atom stereocenters. The number of fused-ring (bicyclic) bond motifs is 1. The smallest absolute Gasteiger partial charge is 0.305 e. The molecule has 5 nitrogen and oxygen atoms in total. The van der Waals surface area contributed by atoms with Gasteiger partial charge in [-0.2, -0.15) is 0 Å². The maximum Gasteiger partial charge on any atom is 0.305 e. The number of carboxylic acids is 1. The predicted octanol–water partition coefficient (Wildman–Crippen LogP) is 2.88. The van der Waals surface area contributed by atoms with Gasteiger partial charge >= 0.3 is 5.97 Å². The number of hydrogen-bond acceptors (Lipinski definition) is 3. The van der Waals surface area contributed by atoms with E-state index in [9.17, 15) is 9.90 Å². The molecule has 5 heteroatoms. The fraction of sp³-hybridized carbons (Fsp3) is 0.125. The van der Waals surface area contributed by atoms with Crippen LogP contribution in [0.15, 0.2) is 48.5 Å². The Hall–Kier alpha value is -2.82. The van der Waals surface area contributed by atoms with Crippen LogP contribution < -0.4 is 0 Å². The number of nitrogens with zero attached hydrogens (tertiary/aromatic N) is 2. The maximum atomic E-state index is 10.9. The van der Waals surface area contributed by atoms with Crippen molar-refractivity contribution in [2.45, 2.75) is 13.0 Å². The first-order chi connectivity index (χ1) is 10.2. The first-order valence-electron chi connectivity index (χ1n) is 6.62. The van der Waals surface area contributed by atoms with Gasteiger partial charge in [0.15, 0.2) is 0 Å². The van der Waals surface area contributed by atoms with Crippen LogP contribution in [0.2, 0.25) is 0 Å². The van der Waals surface area contributed by atoms with Crippen LogP contribution in [0.5, 0.6) is 5.75 Å². The van der Waals surface area contributed by atoms with Gasteiger partial charge in [0.2, 0.25) is 0 Å². The van der Waals surface area contributed by atoms with Gasteiger partial charge in [0.05, 0.1) is 23.0 Å². The summed E-state index contributed by atoms with van der Waals surface area (Å²) < 4.78 is 1.83. The number of para-hydroxylation sites is 3. The van der Waals surface area contributed by atoms with Gasteiger partial charge in [-0.3, -0.25) is 4.79 Å². The largest absolute Gasteiger partial charge is 0.507 e. The molecule has 3 aromatic rings. The number of carbonyl (C=O) groups is 1. The van der Waals surface area contributed by atoms with E-state index in [-0.39, 0.29) is 12.2 Å². The number of phenolic OH excluding ortho intramolecular Hbond substituents is 1. The van der Waals surface area contributed by atoms with Gasteiger partial charge in [-0.1, -0.05) is 24.3 Å². The van der Waals surface area contributed by atoms with Crippen molar-refractivity contribution in [2.24, 2.45) is 0 Å². The Balaban J connectivity index is 2.19. The summed E-state index contributed by atoms with van der Waals surface area (Å²) in [5, 5.41) is 18.9. The Bertz CT molecular complexity index is 808. The number of hydrogen-bond donors (Lipinski definition) is 2. The molecule has 106 valence electrons. The predicted molar refractivity (Wildman–Crippen MR) is 79.1 cm³/mol. The number of carboxylic acid groups (broad SMARTS) is 1. The topological polar surface area (TPSA) is 75.3 Å². The molecule has 0 unspecified atom stereocenters. The highest BCUT2D eigenvalue weighted by Gasteiger charge is 2.15. The van der Waals surface area contributed by atoms with Crippen molar-refractivity contribution in [1.29, 1.82) is 0 Å². The Morgan fingerprint density at radius 1 is 1.10 bits per heavy atom. The molecule has 0 aliphatic rings. The second-order valence-electron chi connectivity index (χ2n) is 4.74. The molecule has 0 radical (unpaired) electrons. The van der Waals surface area contributed by atoms with Crippen molar-refractivity contribution in [3.05, 3.63) is 48.5 Å². The normalized spacial score (nSPS) is 10.9. The van der Waals surface area contributed by atoms with Crippen LogP contribution in [0.3, 0.4) is 0 Å². The van der Waals surface area contributed by atoms with Gasteiger partial charge < -0.3 is 14.8 Å². The Labute approximate surface area is 121 Å². The Kier molecular flexibility index (Phi) is 3.31. The van der Waals surface area contributed by atoms with Crippen molar-refractivity contribution in [3.8, 4) is 17.1 Å². The highest BCUT2D eigenvalue weighted by Crippen LogP contribution is 2.31. The average molecular weight is 282 g/mol. The molecule has 0 fully saturated rings. The molecule has 3 rings (SSSR count). The number of imidazole rings is 1. The van der Waals surface area contributed by atoms with Gasteiger partial charge in [-0.25, -0.2) is 4.98 Å². The minimum Gasteiger partial charge on any atom is -0.507 e. The molecule has 0 amide bonds. The summed E-state index contributed by atoms with van der Waals surface area (Å²) in [6.45, 7) is 0.305. The molecule has 0 saturated carbocycles. The lowest BCUT2D eigenvalue weighted by atomic mass is 10.2. The van der Waals surface area contributed by atoms with E-state index < -0.39 is 5.97 Å². The lowest BCUT2D eigenvalue weighted by molar-refractivity contribution is -0.137. The van der Waals surface area contributed by atoms with Gasteiger partial charge in [-0.05, 0) is 24.3 Å². The first kappa shape index (κ1) is 13.2. The minimum absolute atomic E-state index is 0.000942. The summed E-state index contributed by atoms with van der Waals surface area (Å²) in [6, 6.07) is 14.5. The van der Waals surface area contributed by atoms with E-state index in [2.05, 4.69) is 4.98 Å². The summed E-state index contributed by atoms with van der Waals surface area (Å²) in [5.74, 6) is -0.157. The zero-order valence-corrected chi connectivity index (χ0v) is 11.2. The summed E-state index contributed by atoms with van der Waals surface area (Å²) in [6.07, 6.45) is 0.000942. The van der Waals surface area contributed by atoms with Gasteiger partial charge in [-0.15, -0.1) is 0 Å². The molecule has 1 aromatic heterocycles. The molecule has 2 aromatic carbocycles. The van der Waals surface area contributed by atoms with Crippen molar-refractivity contribution < 1.29 is 15.0 Å². The molecule has 21 heavy (non-hydrogen) atoms. The molecule has 2 N–H and O–H groups in total. The first-order valence-corrected chi connectivity index (χ1v) is 6.62. The molecule has 0 aliphatic heterocycles.